The minimum atomic E-state index is 0.538. The van der Waals surface area contributed by atoms with E-state index >= 15 is 0 Å². The second-order valence-electron chi connectivity index (χ2n) is 0.760. The number of aliphatic hydroxyl groups excluding tert-OH is 1. The number of nitrogens with two attached hydrogens (primary N) is 1. The van der Waals surface area contributed by atoms with Gasteiger partial charge in [-0.3, -0.25) is 0 Å². The van der Waals surface area contributed by atoms with Crippen molar-refractivity contribution in [2.75, 3.05) is 6.54 Å². The standard InChI is InChI=1S/C3H8NO/c4-2-1-3-5/h3,5H,1-2,4H2. The molecular weight excluding hydrogens is 66.0 g/mol. The molecule has 1 radical (unpaired) electrons. The average molecular weight is 74.1 g/mol. The zero-order valence-corrected chi connectivity index (χ0v) is 3.02. The van der Waals surface area contributed by atoms with Crippen molar-refractivity contribution in [1.82, 2.24) is 0 Å². The van der Waals surface area contributed by atoms with Crippen LogP contribution >= 0.6 is 0 Å². The summed E-state index contributed by atoms with van der Waals surface area (Å²) in [6.07, 6.45) is 0.597. The Morgan fingerprint density at radius 1 is 1.80 bits per heavy atom. The van der Waals surface area contributed by atoms with Gasteiger partial charge < -0.3 is 10.8 Å². The third-order valence-electron chi connectivity index (χ3n) is 0.296. The van der Waals surface area contributed by atoms with Crippen LogP contribution < -0.4 is 5.73 Å². The molecule has 0 unspecified atom stereocenters. The molecule has 0 saturated heterocycles. The molecule has 0 amide bonds. The smallest absolute Gasteiger partial charge is 0.0811 e. The molecule has 0 bridgehead atoms. The van der Waals surface area contributed by atoms with Gasteiger partial charge in [0.15, 0.2) is 0 Å². The Labute approximate surface area is 31.6 Å². The van der Waals surface area contributed by atoms with Crippen molar-refractivity contribution < 1.29 is 5.11 Å². The van der Waals surface area contributed by atoms with E-state index in [-0.39, 0.29) is 0 Å². The highest BCUT2D eigenvalue weighted by atomic mass is 16.2. The lowest BCUT2D eigenvalue weighted by Gasteiger charge is -1.79. The molecule has 0 saturated carbocycles. The molecule has 0 aromatic carbocycles. The minimum absolute atomic E-state index is 0.538. The van der Waals surface area contributed by atoms with E-state index < -0.39 is 0 Å². The van der Waals surface area contributed by atoms with E-state index in [9.17, 15) is 0 Å². The summed E-state index contributed by atoms with van der Waals surface area (Å²) in [5.41, 5.74) is 4.95. The van der Waals surface area contributed by atoms with Crippen LogP contribution in [0.5, 0.6) is 0 Å². The highest BCUT2D eigenvalue weighted by molar-refractivity contribution is 4.43. The summed E-state index contributed by atoms with van der Waals surface area (Å²) in [4.78, 5) is 0. The van der Waals surface area contributed by atoms with Crippen molar-refractivity contribution >= 4 is 0 Å². The molecule has 2 heteroatoms. The van der Waals surface area contributed by atoms with Crippen LogP contribution in [0, 0.1) is 6.61 Å². The van der Waals surface area contributed by atoms with Crippen LogP contribution in [0.3, 0.4) is 0 Å². The Kier molecular flexibility index (Phi) is 3.86. The van der Waals surface area contributed by atoms with Crippen LogP contribution in [0.1, 0.15) is 6.42 Å². The van der Waals surface area contributed by atoms with Gasteiger partial charge in [-0.1, -0.05) is 0 Å². The molecule has 0 aliphatic carbocycles. The lowest BCUT2D eigenvalue weighted by molar-refractivity contribution is 0.377. The Balaban J connectivity index is 2.19. The van der Waals surface area contributed by atoms with Crippen molar-refractivity contribution in [2.45, 2.75) is 6.42 Å². The van der Waals surface area contributed by atoms with Crippen LogP contribution in [0.2, 0.25) is 0 Å². The van der Waals surface area contributed by atoms with Gasteiger partial charge in [0.05, 0.1) is 6.61 Å². The van der Waals surface area contributed by atoms with E-state index in [1.165, 1.54) is 0 Å². The van der Waals surface area contributed by atoms with Gasteiger partial charge in [0.25, 0.3) is 0 Å². The molecule has 0 aliphatic rings. The first-order valence-electron chi connectivity index (χ1n) is 1.57. The summed E-state index contributed by atoms with van der Waals surface area (Å²) >= 11 is 0. The van der Waals surface area contributed by atoms with Gasteiger partial charge in [-0.15, -0.1) is 0 Å². The Morgan fingerprint density at radius 3 is 2.40 bits per heavy atom. The Morgan fingerprint density at radius 2 is 2.40 bits per heavy atom. The second-order valence-corrected chi connectivity index (χ2v) is 0.760. The van der Waals surface area contributed by atoms with Gasteiger partial charge >= 0.3 is 0 Å². The first kappa shape index (κ1) is 4.92. The fourth-order valence-corrected chi connectivity index (χ4v) is 0.0745. The SMILES string of the molecule is NCC[CH]O. The normalized spacial score (nSPS) is 8.40. The zero-order chi connectivity index (χ0) is 4.12. The van der Waals surface area contributed by atoms with E-state index in [1.54, 1.807) is 0 Å². The minimum Gasteiger partial charge on any atom is -0.390 e. The molecule has 0 atom stereocenters. The van der Waals surface area contributed by atoms with Crippen molar-refractivity contribution in [3.63, 3.8) is 0 Å². The third-order valence-corrected chi connectivity index (χ3v) is 0.296. The highest BCUT2D eigenvalue weighted by Gasteiger charge is 1.70. The maximum absolute atomic E-state index is 7.86. The molecule has 0 aromatic heterocycles. The van der Waals surface area contributed by atoms with Gasteiger partial charge in [0.2, 0.25) is 0 Å². The summed E-state index contributed by atoms with van der Waals surface area (Å²) in [5, 5.41) is 7.86. The van der Waals surface area contributed by atoms with Crippen LogP contribution in [-0.2, 0) is 0 Å². The molecule has 3 N–H and O–H groups in total. The number of rotatable bonds is 2. The quantitative estimate of drug-likeness (QED) is 0.479. The molecule has 0 aromatic rings. The first-order chi connectivity index (χ1) is 2.41. The topological polar surface area (TPSA) is 46.2 Å². The van der Waals surface area contributed by atoms with Crippen molar-refractivity contribution in [1.29, 1.82) is 0 Å². The van der Waals surface area contributed by atoms with E-state index in [0.29, 0.717) is 13.0 Å². The zero-order valence-electron chi connectivity index (χ0n) is 3.02. The maximum Gasteiger partial charge on any atom is 0.0811 e. The van der Waals surface area contributed by atoms with Gasteiger partial charge in [-0.25, -0.2) is 0 Å². The van der Waals surface area contributed by atoms with Gasteiger partial charge in [-0.2, -0.15) is 0 Å². The van der Waals surface area contributed by atoms with E-state index in [0.717, 1.165) is 6.61 Å². The molecular formula is C3H8NO. The van der Waals surface area contributed by atoms with Gasteiger partial charge in [-0.05, 0) is 13.0 Å². The lowest BCUT2D eigenvalue weighted by Crippen LogP contribution is -1.96. The van der Waals surface area contributed by atoms with Crippen LogP contribution in [-0.4, -0.2) is 11.7 Å². The first-order valence-corrected chi connectivity index (χ1v) is 1.57. The summed E-state index contributed by atoms with van der Waals surface area (Å²) in [7, 11) is 0. The molecule has 0 spiro atoms. The number of aliphatic hydroxyl groups is 1. The molecule has 2 nitrogen and oxygen atoms in total. The summed E-state index contributed by atoms with van der Waals surface area (Å²) < 4.78 is 0. The summed E-state index contributed by atoms with van der Waals surface area (Å²) in [6.45, 7) is 1.59. The molecule has 0 fully saturated rings. The average Bonchev–Trinajstić information content (AvgIpc) is 1.41. The second kappa shape index (κ2) is 3.92. The van der Waals surface area contributed by atoms with E-state index in [4.69, 9.17) is 10.8 Å². The molecule has 5 heavy (non-hydrogen) atoms. The molecule has 0 aliphatic heterocycles. The maximum atomic E-state index is 7.86. The largest absolute Gasteiger partial charge is 0.390 e. The predicted molar refractivity (Wildman–Crippen MR) is 19.9 cm³/mol. The number of hydrogen-bond acceptors (Lipinski definition) is 2. The van der Waals surface area contributed by atoms with E-state index in [1.807, 2.05) is 0 Å². The molecule has 0 heterocycles. The van der Waals surface area contributed by atoms with Crippen molar-refractivity contribution in [2.24, 2.45) is 5.73 Å². The summed E-state index contributed by atoms with van der Waals surface area (Å²) in [5.74, 6) is 0. The fraction of sp³-hybridized carbons (Fsp3) is 0.667. The van der Waals surface area contributed by atoms with Crippen molar-refractivity contribution in [3.8, 4) is 0 Å². The lowest BCUT2D eigenvalue weighted by atomic mass is 10.5. The predicted octanol–water partition coefficient (Wildman–Crippen LogP) is -0.131. The van der Waals surface area contributed by atoms with Crippen LogP contribution in [0.4, 0.5) is 0 Å². The number of hydrogen-bond donors (Lipinski definition) is 2. The fourth-order valence-electron chi connectivity index (χ4n) is 0.0745. The van der Waals surface area contributed by atoms with Crippen LogP contribution in [0.15, 0.2) is 0 Å². The Hall–Kier alpha value is -0.0800. The van der Waals surface area contributed by atoms with Crippen LogP contribution in [0.25, 0.3) is 0 Å². The van der Waals surface area contributed by atoms with Crippen molar-refractivity contribution in [3.05, 3.63) is 6.61 Å². The monoisotopic (exact) mass is 74.1 g/mol. The van der Waals surface area contributed by atoms with Gasteiger partial charge in [0.1, 0.15) is 0 Å². The summed E-state index contributed by atoms with van der Waals surface area (Å²) in [6, 6.07) is 0. The molecule has 0 rings (SSSR count). The third kappa shape index (κ3) is 3.92. The van der Waals surface area contributed by atoms with Gasteiger partial charge in [0, 0.05) is 0 Å². The van der Waals surface area contributed by atoms with E-state index in [2.05, 4.69) is 0 Å². The molecule has 31 valence electrons. The Bertz CT molecular complexity index is 14.4. The highest BCUT2D eigenvalue weighted by Crippen LogP contribution is 1.70.